The van der Waals surface area contributed by atoms with Gasteiger partial charge in [-0.2, -0.15) is 0 Å². The van der Waals surface area contributed by atoms with E-state index in [1.54, 1.807) is 6.08 Å². The van der Waals surface area contributed by atoms with E-state index in [0.717, 1.165) is 5.56 Å². The van der Waals surface area contributed by atoms with Crippen LogP contribution in [0.5, 0.6) is 11.5 Å². The number of nitrogens with zero attached hydrogens (tertiary/aromatic N) is 3. The third-order valence-electron chi connectivity index (χ3n) is 4.32. The Hall–Kier alpha value is -3.33. The lowest BCUT2D eigenvalue weighted by atomic mass is 10.2. The highest BCUT2D eigenvalue weighted by atomic mass is 32.2. The Labute approximate surface area is 190 Å². The van der Waals surface area contributed by atoms with Crippen molar-refractivity contribution in [1.82, 2.24) is 14.8 Å². The number of nitrogens with one attached hydrogen (secondary N) is 1. The molecule has 0 radical (unpaired) electrons. The average molecular weight is 457 g/mol. The van der Waals surface area contributed by atoms with Crippen molar-refractivity contribution in [2.45, 2.75) is 32.2 Å². The van der Waals surface area contributed by atoms with E-state index in [4.69, 9.17) is 9.47 Å². The van der Waals surface area contributed by atoms with E-state index >= 15 is 0 Å². The lowest BCUT2D eigenvalue weighted by Gasteiger charge is -2.13. The van der Waals surface area contributed by atoms with Crippen LogP contribution in [0.2, 0.25) is 0 Å². The zero-order chi connectivity index (χ0) is 22.9. The summed E-state index contributed by atoms with van der Waals surface area (Å²) in [4.78, 5) is 12.2. The average Bonchev–Trinajstić information content (AvgIpc) is 3.15. The number of carbonyl (C=O) groups excluding carboxylic acids is 1. The molecule has 1 aromatic heterocycles. The highest BCUT2D eigenvalue weighted by Gasteiger charge is 2.15. The molecule has 2 aromatic carbocycles. The fourth-order valence-electron chi connectivity index (χ4n) is 2.85. The fraction of sp³-hybridized carbons (Fsp3) is 0.261. The van der Waals surface area contributed by atoms with E-state index in [-0.39, 0.29) is 24.1 Å². The summed E-state index contributed by atoms with van der Waals surface area (Å²) in [7, 11) is 0. The Kier molecular flexibility index (Phi) is 8.27. The Morgan fingerprint density at radius 2 is 1.97 bits per heavy atom. The molecule has 0 unspecified atom stereocenters. The third-order valence-corrected chi connectivity index (χ3v) is 5.29. The molecule has 0 aliphatic rings. The van der Waals surface area contributed by atoms with Gasteiger partial charge in [-0.15, -0.1) is 16.8 Å². The molecule has 0 atom stereocenters. The van der Waals surface area contributed by atoms with E-state index in [0.29, 0.717) is 41.3 Å². The summed E-state index contributed by atoms with van der Waals surface area (Å²) in [6, 6.07) is 11.3. The van der Waals surface area contributed by atoms with Gasteiger partial charge in [0.2, 0.25) is 5.91 Å². The van der Waals surface area contributed by atoms with Crippen molar-refractivity contribution in [3.8, 4) is 11.5 Å². The van der Waals surface area contributed by atoms with Gasteiger partial charge >= 0.3 is 0 Å². The van der Waals surface area contributed by atoms with E-state index in [2.05, 4.69) is 22.1 Å². The third kappa shape index (κ3) is 6.34. The van der Waals surface area contributed by atoms with Crippen LogP contribution in [0.15, 0.2) is 60.3 Å². The van der Waals surface area contributed by atoms with Crippen LogP contribution in [-0.4, -0.2) is 33.0 Å². The highest BCUT2D eigenvalue weighted by Crippen LogP contribution is 2.29. The summed E-state index contributed by atoms with van der Waals surface area (Å²) < 4.78 is 26.4. The van der Waals surface area contributed by atoms with E-state index < -0.39 is 0 Å². The van der Waals surface area contributed by atoms with Crippen molar-refractivity contribution in [3.63, 3.8) is 0 Å². The summed E-state index contributed by atoms with van der Waals surface area (Å²) in [5.74, 6) is 1.44. The van der Waals surface area contributed by atoms with Crippen molar-refractivity contribution < 1.29 is 18.7 Å². The lowest BCUT2D eigenvalue weighted by Crippen LogP contribution is -2.15. The number of anilines is 1. The quantitative estimate of drug-likeness (QED) is 0.335. The number of aromatic nitrogens is 3. The molecular weight excluding hydrogens is 431 g/mol. The highest BCUT2D eigenvalue weighted by molar-refractivity contribution is 7.99. The topological polar surface area (TPSA) is 78.3 Å². The molecule has 1 heterocycles. The van der Waals surface area contributed by atoms with Crippen LogP contribution in [0.4, 0.5) is 10.1 Å². The molecule has 0 bridgehead atoms. The number of amides is 1. The number of hydrogen-bond donors (Lipinski definition) is 1. The Morgan fingerprint density at radius 1 is 1.19 bits per heavy atom. The Morgan fingerprint density at radius 3 is 2.69 bits per heavy atom. The van der Waals surface area contributed by atoms with Crippen molar-refractivity contribution in [1.29, 1.82) is 0 Å². The van der Waals surface area contributed by atoms with Crippen LogP contribution in [-0.2, 0) is 17.9 Å². The molecule has 168 valence electrons. The molecule has 1 amide bonds. The fourth-order valence-corrected chi connectivity index (χ4v) is 3.62. The number of hydrogen-bond acceptors (Lipinski definition) is 6. The van der Waals surface area contributed by atoms with E-state index in [1.165, 1.54) is 36.0 Å². The second-order valence-electron chi connectivity index (χ2n) is 6.81. The second-order valence-corrected chi connectivity index (χ2v) is 7.76. The molecule has 1 N–H and O–H groups in total. The van der Waals surface area contributed by atoms with E-state index in [9.17, 15) is 9.18 Å². The normalized spacial score (nSPS) is 10.6. The van der Waals surface area contributed by atoms with Crippen LogP contribution < -0.4 is 14.8 Å². The minimum absolute atomic E-state index is 0.125. The minimum Gasteiger partial charge on any atom is -0.490 e. The zero-order valence-corrected chi connectivity index (χ0v) is 18.8. The zero-order valence-electron chi connectivity index (χ0n) is 18.0. The van der Waals surface area contributed by atoms with Gasteiger partial charge in [0.15, 0.2) is 22.5 Å². The molecule has 0 aliphatic carbocycles. The van der Waals surface area contributed by atoms with Crippen molar-refractivity contribution in [2.75, 3.05) is 17.7 Å². The van der Waals surface area contributed by atoms with Gasteiger partial charge in [0.1, 0.15) is 12.4 Å². The number of thioether (sulfide) groups is 1. The summed E-state index contributed by atoms with van der Waals surface area (Å²) in [6.07, 6.45) is 1.73. The van der Waals surface area contributed by atoms with Crippen LogP contribution in [0, 0.1) is 12.7 Å². The van der Waals surface area contributed by atoms with Crippen LogP contribution >= 0.6 is 11.8 Å². The first-order valence-electron chi connectivity index (χ1n) is 10.1. The van der Waals surface area contributed by atoms with Gasteiger partial charge in [0.05, 0.1) is 12.4 Å². The number of halogens is 1. The number of rotatable bonds is 11. The minimum atomic E-state index is -0.358. The number of carbonyl (C=O) groups is 1. The number of allylic oxidation sites excluding steroid dienone is 1. The molecule has 0 saturated carbocycles. The first-order chi connectivity index (χ1) is 15.5. The van der Waals surface area contributed by atoms with Gasteiger partial charge in [0, 0.05) is 12.2 Å². The van der Waals surface area contributed by atoms with E-state index in [1.807, 2.05) is 36.6 Å². The number of ether oxygens (including phenoxy) is 2. The van der Waals surface area contributed by atoms with Gasteiger partial charge in [0.25, 0.3) is 0 Å². The van der Waals surface area contributed by atoms with Gasteiger partial charge in [-0.3, -0.25) is 9.36 Å². The first-order valence-corrected chi connectivity index (χ1v) is 11.1. The van der Waals surface area contributed by atoms with Gasteiger partial charge in [-0.05, 0) is 55.8 Å². The van der Waals surface area contributed by atoms with Crippen LogP contribution in [0.3, 0.4) is 0 Å². The largest absolute Gasteiger partial charge is 0.490 e. The summed E-state index contributed by atoms with van der Waals surface area (Å²) in [5.41, 5.74) is 1.61. The van der Waals surface area contributed by atoms with Gasteiger partial charge in [-0.25, -0.2) is 4.39 Å². The second kappa shape index (κ2) is 11.3. The SMILES string of the molecule is C=CCn1c(COc2ccc(C)cc2OCC)nnc1SCC(=O)Nc1ccc(F)cc1. The predicted octanol–water partition coefficient (Wildman–Crippen LogP) is 4.62. The first kappa shape index (κ1) is 23.3. The molecule has 0 spiro atoms. The number of benzene rings is 2. The van der Waals surface area contributed by atoms with Crippen LogP contribution in [0.25, 0.3) is 0 Å². The monoisotopic (exact) mass is 456 g/mol. The Balaban J connectivity index is 1.64. The molecule has 0 saturated heterocycles. The van der Waals surface area contributed by atoms with Crippen molar-refractivity contribution in [3.05, 3.63) is 72.3 Å². The van der Waals surface area contributed by atoms with Gasteiger partial charge < -0.3 is 14.8 Å². The molecule has 32 heavy (non-hydrogen) atoms. The van der Waals surface area contributed by atoms with Crippen molar-refractivity contribution in [2.24, 2.45) is 0 Å². The molecule has 0 aliphatic heterocycles. The molecule has 0 fully saturated rings. The molecule has 3 rings (SSSR count). The summed E-state index contributed by atoms with van der Waals surface area (Å²) >= 11 is 1.25. The Bertz CT molecular complexity index is 1070. The van der Waals surface area contributed by atoms with Crippen molar-refractivity contribution >= 4 is 23.4 Å². The summed E-state index contributed by atoms with van der Waals surface area (Å²) in [5, 5.41) is 11.7. The smallest absolute Gasteiger partial charge is 0.234 e. The van der Waals surface area contributed by atoms with Crippen LogP contribution in [0.1, 0.15) is 18.3 Å². The molecule has 7 nitrogen and oxygen atoms in total. The standard InChI is InChI=1S/C23H25FN4O3S/c1-4-12-28-21(14-31-19-11-6-16(3)13-20(19)30-5-2)26-27-23(28)32-15-22(29)25-18-9-7-17(24)8-10-18/h4,6-11,13H,1,5,12,14-15H2,2-3H3,(H,25,29). The maximum atomic E-state index is 13.0. The molecule has 3 aromatic rings. The molecule has 9 heteroatoms. The maximum absolute atomic E-state index is 13.0. The summed E-state index contributed by atoms with van der Waals surface area (Å²) in [6.45, 7) is 8.89. The predicted molar refractivity (Wildman–Crippen MR) is 123 cm³/mol. The maximum Gasteiger partial charge on any atom is 0.234 e. The number of aryl methyl sites for hydroxylation is 1. The van der Waals surface area contributed by atoms with Gasteiger partial charge in [-0.1, -0.05) is 23.9 Å². The molecular formula is C23H25FN4O3S. The lowest BCUT2D eigenvalue weighted by molar-refractivity contribution is -0.113.